The Morgan fingerprint density at radius 2 is 1.80 bits per heavy atom. The predicted octanol–water partition coefficient (Wildman–Crippen LogP) is 1.50. The molecule has 0 aromatic rings. The second kappa shape index (κ2) is 5.09. The van der Waals surface area contributed by atoms with Crippen molar-refractivity contribution in [2.24, 2.45) is 5.92 Å². The van der Waals surface area contributed by atoms with E-state index in [4.69, 9.17) is 4.55 Å². The summed E-state index contributed by atoms with van der Waals surface area (Å²) in [6.07, 6.45) is 0.527. The Morgan fingerprint density at radius 1 is 1.40 bits per heavy atom. The van der Waals surface area contributed by atoms with E-state index in [1.807, 2.05) is 13.8 Å². The van der Waals surface area contributed by atoms with Crippen LogP contribution in [0.5, 0.6) is 0 Å². The molecule has 0 heterocycles. The van der Waals surface area contributed by atoms with E-state index in [2.05, 4.69) is 0 Å². The zero-order chi connectivity index (χ0) is 7.49. The van der Waals surface area contributed by atoms with Crippen molar-refractivity contribution in [1.29, 1.82) is 0 Å². The molecule has 0 saturated carbocycles. The van der Waals surface area contributed by atoms with Crippen LogP contribution in [0, 0.1) is 5.92 Å². The molecule has 0 rings (SSSR count). The molecule has 0 aliphatic rings. The third kappa shape index (κ3) is 11.2. The minimum Gasteiger partial charge on any atom is -0.286 e. The summed E-state index contributed by atoms with van der Waals surface area (Å²) in [6.45, 7) is 3.82. The molecule has 0 unspecified atom stereocenters. The van der Waals surface area contributed by atoms with Gasteiger partial charge in [0.2, 0.25) is 0 Å². The molecule has 0 saturated heterocycles. The second-order valence-electron chi connectivity index (χ2n) is 2.47. The van der Waals surface area contributed by atoms with Crippen LogP contribution < -0.4 is 0 Å². The van der Waals surface area contributed by atoms with E-state index in [1.165, 1.54) is 0 Å². The van der Waals surface area contributed by atoms with Gasteiger partial charge in [-0.2, -0.15) is 8.42 Å². The van der Waals surface area contributed by atoms with Crippen LogP contribution in [0.25, 0.3) is 0 Å². The summed E-state index contributed by atoms with van der Waals surface area (Å²) in [5, 5.41) is 0. The molecule has 64 valence electrons. The molecule has 0 bridgehead atoms. The van der Waals surface area contributed by atoms with Crippen molar-refractivity contribution < 1.29 is 13.0 Å². The summed E-state index contributed by atoms with van der Waals surface area (Å²) in [5.74, 6) is 0.205. The van der Waals surface area contributed by atoms with Crippen LogP contribution in [-0.4, -0.2) is 18.7 Å². The van der Waals surface area contributed by atoms with Crippen LogP contribution in [0.15, 0.2) is 0 Å². The average Bonchev–Trinajstić information content (AvgIpc) is 1.59. The maximum atomic E-state index is 10.1. The fourth-order valence-corrected chi connectivity index (χ4v) is 1.15. The topological polar surface area (TPSA) is 54.4 Å². The van der Waals surface area contributed by atoms with E-state index >= 15 is 0 Å². The summed E-state index contributed by atoms with van der Waals surface area (Å²) in [4.78, 5) is 0. The molecule has 3 nitrogen and oxygen atoms in total. The summed E-state index contributed by atoms with van der Waals surface area (Å²) < 4.78 is 28.4. The first-order valence-corrected chi connectivity index (χ1v) is 4.48. The molecule has 0 aliphatic carbocycles. The van der Waals surface area contributed by atoms with Crippen LogP contribution in [-0.2, 0) is 10.1 Å². The van der Waals surface area contributed by atoms with E-state index in [0.717, 1.165) is 0 Å². The Kier molecular flexibility index (Phi) is 6.63. The summed E-state index contributed by atoms with van der Waals surface area (Å²) in [5.41, 5.74) is 0. The maximum absolute atomic E-state index is 10.1. The molecule has 0 amide bonds. The van der Waals surface area contributed by atoms with Crippen molar-refractivity contribution in [3.05, 3.63) is 0 Å². The summed E-state index contributed by atoms with van der Waals surface area (Å²) in [6, 6.07) is 0. The van der Waals surface area contributed by atoms with Crippen LogP contribution >= 0.6 is 17.0 Å². The lowest BCUT2D eigenvalue weighted by Gasteiger charge is -1.99. The summed E-state index contributed by atoms with van der Waals surface area (Å²) >= 11 is 0. The molecule has 1 N–H and O–H groups in total. The Bertz CT molecular complexity index is 162. The van der Waals surface area contributed by atoms with E-state index in [-0.39, 0.29) is 22.7 Å². The van der Waals surface area contributed by atoms with E-state index in [1.54, 1.807) is 0 Å². The van der Waals surface area contributed by atoms with Crippen LogP contribution in [0.4, 0.5) is 0 Å². The minimum absolute atomic E-state index is 0. The molecular formula is C5H13BrO3S. The van der Waals surface area contributed by atoms with Gasteiger partial charge in [0.15, 0.2) is 0 Å². The molecule has 5 heteroatoms. The predicted molar refractivity (Wildman–Crippen MR) is 46.2 cm³/mol. The molecule has 0 aliphatic heterocycles. The highest BCUT2D eigenvalue weighted by Gasteiger charge is 2.04. The molecule has 0 fully saturated rings. The van der Waals surface area contributed by atoms with E-state index in [0.29, 0.717) is 12.3 Å². The first-order valence-electron chi connectivity index (χ1n) is 2.87. The fourth-order valence-electron chi connectivity index (χ4n) is 0.385. The Labute approximate surface area is 72.3 Å². The lowest BCUT2D eigenvalue weighted by Crippen LogP contribution is -2.06. The van der Waals surface area contributed by atoms with Gasteiger partial charge in [-0.15, -0.1) is 17.0 Å². The molecular weight excluding hydrogens is 220 g/mol. The molecule has 10 heavy (non-hydrogen) atoms. The molecule has 0 aromatic carbocycles. The number of hydrogen-bond acceptors (Lipinski definition) is 2. The van der Waals surface area contributed by atoms with Crippen LogP contribution in [0.2, 0.25) is 0 Å². The highest BCUT2D eigenvalue weighted by molar-refractivity contribution is 8.93. The van der Waals surface area contributed by atoms with Gasteiger partial charge < -0.3 is 0 Å². The summed E-state index contributed by atoms with van der Waals surface area (Å²) in [7, 11) is -3.72. The first-order chi connectivity index (χ1) is 3.92. The van der Waals surface area contributed by atoms with Crippen LogP contribution in [0.1, 0.15) is 20.3 Å². The third-order valence-electron chi connectivity index (χ3n) is 0.953. The van der Waals surface area contributed by atoms with Gasteiger partial charge in [0, 0.05) is 0 Å². The van der Waals surface area contributed by atoms with Crippen molar-refractivity contribution in [1.82, 2.24) is 0 Å². The van der Waals surface area contributed by atoms with Crippen LogP contribution in [0.3, 0.4) is 0 Å². The lowest BCUT2D eigenvalue weighted by molar-refractivity contribution is 0.474. The smallest absolute Gasteiger partial charge is 0.264 e. The van der Waals surface area contributed by atoms with Crippen molar-refractivity contribution in [2.45, 2.75) is 20.3 Å². The molecule has 0 aromatic heterocycles. The van der Waals surface area contributed by atoms with Gasteiger partial charge in [-0.05, 0) is 12.3 Å². The largest absolute Gasteiger partial charge is 0.286 e. The van der Waals surface area contributed by atoms with Crippen molar-refractivity contribution in [3.8, 4) is 0 Å². The van der Waals surface area contributed by atoms with Gasteiger partial charge in [0.05, 0.1) is 5.75 Å². The number of hydrogen-bond donors (Lipinski definition) is 1. The highest BCUT2D eigenvalue weighted by Crippen LogP contribution is 2.00. The molecule has 0 radical (unpaired) electrons. The van der Waals surface area contributed by atoms with Crippen molar-refractivity contribution in [2.75, 3.05) is 5.75 Å². The van der Waals surface area contributed by atoms with Gasteiger partial charge in [-0.25, -0.2) is 0 Å². The standard InChI is InChI=1S/C5H12O3S.BrH/c1-5(2)3-4-9(6,7)8;/h5H,3-4H2,1-2H3,(H,6,7,8);1H. The maximum Gasteiger partial charge on any atom is 0.264 e. The molecule has 0 spiro atoms. The van der Waals surface area contributed by atoms with Gasteiger partial charge in [0.25, 0.3) is 10.1 Å². The normalized spacial score (nSPS) is 11.2. The van der Waals surface area contributed by atoms with Gasteiger partial charge in [-0.1, -0.05) is 13.8 Å². The van der Waals surface area contributed by atoms with Crippen molar-refractivity contribution >= 4 is 27.1 Å². The lowest BCUT2D eigenvalue weighted by atomic mass is 10.2. The van der Waals surface area contributed by atoms with Gasteiger partial charge >= 0.3 is 0 Å². The Morgan fingerprint density at radius 3 is 1.90 bits per heavy atom. The zero-order valence-electron chi connectivity index (χ0n) is 6.07. The number of rotatable bonds is 3. The van der Waals surface area contributed by atoms with E-state index < -0.39 is 10.1 Å². The Balaban J connectivity index is 0. The fraction of sp³-hybridized carbons (Fsp3) is 1.00. The minimum atomic E-state index is -3.72. The van der Waals surface area contributed by atoms with Gasteiger partial charge in [0.1, 0.15) is 0 Å². The second-order valence-corrected chi connectivity index (χ2v) is 4.04. The third-order valence-corrected chi connectivity index (χ3v) is 1.70. The monoisotopic (exact) mass is 232 g/mol. The first kappa shape index (κ1) is 13.0. The highest BCUT2D eigenvalue weighted by atomic mass is 79.9. The van der Waals surface area contributed by atoms with Gasteiger partial charge in [-0.3, -0.25) is 4.55 Å². The average molecular weight is 233 g/mol. The number of halogens is 1. The quantitative estimate of drug-likeness (QED) is 0.751. The Hall–Kier alpha value is 0.390. The zero-order valence-corrected chi connectivity index (χ0v) is 8.60. The van der Waals surface area contributed by atoms with Crippen molar-refractivity contribution in [3.63, 3.8) is 0 Å². The van der Waals surface area contributed by atoms with E-state index in [9.17, 15) is 8.42 Å². The molecule has 0 atom stereocenters. The SMILES string of the molecule is Br.CC(C)CCS(=O)(=O)O.